The molecule has 2 rings (SSSR count). The van der Waals surface area contributed by atoms with Gasteiger partial charge in [0.1, 0.15) is 17.5 Å². The molecule has 0 unspecified atom stereocenters. The molecular formula is C13H18N4O. The average molecular weight is 246 g/mol. The molecule has 5 nitrogen and oxygen atoms in total. The van der Waals surface area contributed by atoms with Crippen LogP contribution in [0.4, 0.5) is 11.6 Å². The Hall–Kier alpha value is -2.04. The van der Waals surface area contributed by atoms with Gasteiger partial charge >= 0.3 is 0 Å². The molecule has 0 aromatic carbocycles. The SMILES string of the molecule is Cc1c(N)nc(C(C)C)nc1NCc1ccoc1. The van der Waals surface area contributed by atoms with Crippen LogP contribution in [0.2, 0.25) is 0 Å². The number of nitrogens with one attached hydrogen (secondary N) is 1. The zero-order valence-corrected chi connectivity index (χ0v) is 10.9. The first-order chi connectivity index (χ1) is 8.58. The molecule has 0 fully saturated rings. The van der Waals surface area contributed by atoms with Gasteiger partial charge in [0.05, 0.1) is 12.5 Å². The van der Waals surface area contributed by atoms with Gasteiger partial charge in [-0.2, -0.15) is 0 Å². The van der Waals surface area contributed by atoms with E-state index in [1.54, 1.807) is 12.5 Å². The Kier molecular flexibility index (Phi) is 3.50. The van der Waals surface area contributed by atoms with Gasteiger partial charge in [-0.05, 0) is 13.0 Å². The first kappa shape index (κ1) is 12.4. The molecule has 0 saturated heterocycles. The van der Waals surface area contributed by atoms with Crippen LogP contribution in [0.1, 0.15) is 36.7 Å². The van der Waals surface area contributed by atoms with E-state index in [2.05, 4.69) is 15.3 Å². The van der Waals surface area contributed by atoms with Gasteiger partial charge < -0.3 is 15.5 Å². The number of aromatic nitrogens is 2. The lowest BCUT2D eigenvalue weighted by molar-refractivity contribution is 0.564. The van der Waals surface area contributed by atoms with Gasteiger partial charge in [0.15, 0.2) is 0 Å². The maximum absolute atomic E-state index is 5.90. The predicted octanol–water partition coefficient (Wildman–Crippen LogP) is 2.70. The fourth-order valence-electron chi connectivity index (χ4n) is 1.56. The molecule has 0 spiro atoms. The second-order valence-electron chi connectivity index (χ2n) is 4.58. The molecule has 2 heterocycles. The Labute approximate surface area is 106 Å². The second-order valence-corrected chi connectivity index (χ2v) is 4.58. The topological polar surface area (TPSA) is 77.0 Å². The summed E-state index contributed by atoms with van der Waals surface area (Å²) < 4.78 is 5.02. The molecule has 0 bridgehead atoms. The molecule has 0 aliphatic heterocycles. The van der Waals surface area contributed by atoms with E-state index in [0.29, 0.717) is 12.4 Å². The third-order valence-electron chi connectivity index (χ3n) is 2.76. The largest absolute Gasteiger partial charge is 0.472 e. The first-order valence-corrected chi connectivity index (χ1v) is 5.97. The van der Waals surface area contributed by atoms with Crippen LogP contribution in [0, 0.1) is 6.92 Å². The molecule has 0 aliphatic carbocycles. The van der Waals surface area contributed by atoms with Gasteiger partial charge in [-0.1, -0.05) is 13.8 Å². The van der Waals surface area contributed by atoms with Crippen LogP contribution in [0.3, 0.4) is 0 Å². The van der Waals surface area contributed by atoms with Crippen molar-refractivity contribution in [2.24, 2.45) is 0 Å². The Morgan fingerprint density at radius 3 is 2.78 bits per heavy atom. The summed E-state index contributed by atoms with van der Waals surface area (Å²) in [5.41, 5.74) is 7.84. The molecule has 2 aromatic heterocycles. The van der Waals surface area contributed by atoms with E-state index >= 15 is 0 Å². The maximum atomic E-state index is 5.90. The molecule has 18 heavy (non-hydrogen) atoms. The summed E-state index contributed by atoms with van der Waals surface area (Å²) in [7, 11) is 0. The lowest BCUT2D eigenvalue weighted by Gasteiger charge is -2.12. The monoisotopic (exact) mass is 246 g/mol. The van der Waals surface area contributed by atoms with Crippen LogP contribution in [-0.4, -0.2) is 9.97 Å². The smallest absolute Gasteiger partial charge is 0.135 e. The summed E-state index contributed by atoms with van der Waals surface area (Å²) in [6.45, 7) is 6.66. The molecule has 0 saturated carbocycles. The van der Waals surface area contributed by atoms with Gasteiger partial charge in [-0.15, -0.1) is 0 Å². The van der Waals surface area contributed by atoms with Crippen molar-refractivity contribution in [2.45, 2.75) is 33.2 Å². The lowest BCUT2D eigenvalue weighted by Crippen LogP contribution is -2.10. The van der Waals surface area contributed by atoms with Crippen molar-refractivity contribution >= 4 is 11.6 Å². The van der Waals surface area contributed by atoms with Gasteiger partial charge in [-0.3, -0.25) is 0 Å². The van der Waals surface area contributed by atoms with E-state index < -0.39 is 0 Å². The summed E-state index contributed by atoms with van der Waals surface area (Å²) >= 11 is 0. The van der Waals surface area contributed by atoms with Crippen molar-refractivity contribution < 1.29 is 4.42 Å². The van der Waals surface area contributed by atoms with E-state index in [-0.39, 0.29) is 5.92 Å². The molecular weight excluding hydrogens is 228 g/mol. The van der Waals surface area contributed by atoms with Gasteiger partial charge in [0, 0.05) is 23.6 Å². The highest BCUT2D eigenvalue weighted by Crippen LogP contribution is 2.21. The van der Waals surface area contributed by atoms with Gasteiger partial charge in [0.2, 0.25) is 0 Å². The number of anilines is 2. The van der Waals surface area contributed by atoms with Crippen LogP contribution >= 0.6 is 0 Å². The van der Waals surface area contributed by atoms with Crippen molar-refractivity contribution in [3.05, 3.63) is 35.5 Å². The maximum Gasteiger partial charge on any atom is 0.135 e. The van der Waals surface area contributed by atoms with Gasteiger partial charge in [0.25, 0.3) is 0 Å². The molecule has 0 amide bonds. The number of nitrogen functional groups attached to an aromatic ring is 1. The predicted molar refractivity (Wildman–Crippen MR) is 71.3 cm³/mol. The zero-order chi connectivity index (χ0) is 13.1. The number of furan rings is 1. The Morgan fingerprint density at radius 1 is 1.39 bits per heavy atom. The normalized spacial score (nSPS) is 10.9. The summed E-state index contributed by atoms with van der Waals surface area (Å²) in [6.07, 6.45) is 3.36. The Morgan fingerprint density at radius 2 is 2.17 bits per heavy atom. The lowest BCUT2D eigenvalue weighted by atomic mass is 10.2. The van der Waals surface area contributed by atoms with Crippen molar-refractivity contribution in [1.29, 1.82) is 0 Å². The third kappa shape index (κ3) is 2.61. The van der Waals surface area contributed by atoms with Crippen LogP contribution in [0.25, 0.3) is 0 Å². The summed E-state index contributed by atoms with van der Waals surface area (Å²) in [5.74, 6) is 2.32. The molecule has 2 aromatic rings. The molecule has 0 aliphatic rings. The fraction of sp³-hybridized carbons (Fsp3) is 0.385. The van der Waals surface area contributed by atoms with Crippen molar-refractivity contribution in [1.82, 2.24) is 9.97 Å². The first-order valence-electron chi connectivity index (χ1n) is 5.97. The van der Waals surface area contributed by atoms with Crippen molar-refractivity contribution in [3.63, 3.8) is 0 Å². The van der Waals surface area contributed by atoms with Crippen LogP contribution in [-0.2, 0) is 6.54 Å². The number of hydrogen-bond donors (Lipinski definition) is 2. The summed E-state index contributed by atoms with van der Waals surface area (Å²) in [5, 5.41) is 3.26. The third-order valence-corrected chi connectivity index (χ3v) is 2.76. The van der Waals surface area contributed by atoms with E-state index in [0.717, 1.165) is 22.8 Å². The minimum Gasteiger partial charge on any atom is -0.472 e. The minimum absolute atomic E-state index is 0.252. The highest BCUT2D eigenvalue weighted by atomic mass is 16.3. The second kappa shape index (κ2) is 5.08. The zero-order valence-electron chi connectivity index (χ0n) is 10.9. The van der Waals surface area contributed by atoms with Crippen LogP contribution < -0.4 is 11.1 Å². The van der Waals surface area contributed by atoms with Crippen molar-refractivity contribution in [3.8, 4) is 0 Å². The molecule has 3 N–H and O–H groups in total. The molecule has 5 heteroatoms. The van der Waals surface area contributed by atoms with Crippen LogP contribution in [0.5, 0.6) is 0 Å². The van der Waals surface area contributed by atoms with Gasteiger partial charge in [-0.25, -0.2) is 9.97 Å². The standard InChI is InChI=1S/C13H18N4O/c1-8(2)12-16-11(14)9(3)13(17-12)15-6-10-4-5-18-7-10/h4-5,7-8H,6H2,1-3H3,(H3,14,15,16,17). The molecule has 96 valence electrons. The quantitative estimate of drug-likeness (QED) is 0.867. The van der Waals surface area contributed by atoms with E-state index in [4.69, 9.17) is 10.2 Å². The number of rotatable bonds is 4. The summed E-state index contributed by atoms with van der Waals surface area (Å²) in [4.78, 5) is 8.79. The van der Waals surface area contributed by atoms with Crippen molar-refractivity contribution in [2.75, 3.05) is 11.1 Å². The number of nitrogens with two attached hydrogens (primary N) is 1. The van der Waals surface area contributed by atoms with Crippen LogP contribution in [0.15, 0.2) is 23.0 Å². The van der Waals surface area contributed by atoms with E-state index in [9.17, 15) is 0 Å². The average Bonchev–Trinajstić information content (AvgIpc) is 2.83. The van der Waals surface area contributed by atoms with E-state index in [1.807, 2.05) is 26.8 Å². The highest BCUT2D eigenvalue weighted by Gasteiger charge is 2.11. The molecule has 0 radical (unpaired) electrons. The summed E-state index contributed by atoms with van der Waals surface area (Å²) in [6, 6.07) is 1.91. The number of hydrogen-bond acceptors (Lipinski definition) is 5. The number of nitrogens with zero attached hydrogens (tertiary/aromatic N) is 2. The minimum atomic E-state index is 0.252. The Bertz CT molecular complexity index is 520. The van der Waals surface area contributed by atoms with E-state index in [1.165, 1.54) is 0 Å². The molecule has 0 atom stereocenters. The highest BCUT2D eigenvalue weighted by molar-refractivity contribution is 5.55. The fourth-order valence-corrected chi connectivity index (χ4v) is 1.56. The Balaban J connectivity index is 2.20.